The highest BCUT2D eigenvalue weighted by Crippen LogP contribution is 2.20. The molecular weight excluding hydrogens is 276 g/mol. The maximum absolute atomic E-state index is 4.66. The zero-order valence-corrected chi connectivity index (χ0v) is 14.0. The Morgan fingerprint density at radius 2 is 0.864 bits per heavy atom. The van der Waals surface area contributed by atoms with E-state index in [1.165, 1.54) is 0 Å². The fraction of sp³-hybridized carbons (Fsp3) is 0.438. The van der Waals surface area contributed by atoms with E-state index in [0.717, 1.165) is 34.2 Å². The third-order valence-electron chi connectivity index (χ3n) is 3.79. The second-order valence-electron chi connectivity index (χ2n) is 5.96. The standard InChI is InChI=1S/C16H22N6/c1-10-7-13(4)20(17-10)16(21-14(5)8-11(2)18-21)22-15(6)9-12(3)19-22/h7-9,16H,1-6H3. The van der Waals surface area contributed by atoms with Crippen molar-refractivity contribution in [1.82, 2.24) is 29.3 Å². The first kappa shape index (κ1) is 14.6. The highest BCUT2D eigenvalue weighted by molar-refractivity contribution is 5.14. The number of rotatable bonds is 3. The molecule has 0 N–H and O–H groups in total. The van der Waals surface area contributed by atoms with Crippen molar-refractivity contribution in [3.05, 3.63) is 52.4 Å². The molecule has 0 spiro atoms. The largest absolute Gasteiger partial charge is 0.238 e. The van der Waals surface area contributed by atoms with Crippen LogP contribution in [0.15, 0.2) is 18.2 Å². The van der Waals surface area contributed by atoms with Crippen molar-refractivity contribution in [3.63, 3.8) is 0 Å². The molecule has 0 bridgehead atoms. The summed E-state index contributed by atoms with van der Waals surface area (Å²) in [6.45, 7) is 12.2. The molecule has 3 aromatic rings. The van der Waals surface area contributed by atoms with Crippen LogP contribution in [-0.2, 0) is 0 Å². The van der Waals surface area contributed by atoms with Gasteiger partial charge in [0.05, 0.1) is 17.1 Å². The Morgan fingerprint density at radius 3 is 1.05 bits per heavy atom. The molecule has 0 aromatic carbocycles. The fourth-order valence-corrected chi connectivity index (χ4v) is 2.95. The third kappa shape index (κ3) is 2.34. The Hall–Kier alpha value is -2.37. The van der Waals surface area contributed by atoms with Crippen molar-refractivity contribution in [2.24, 2.45) is 0 Å². The van der Waals surface area contributed by atoms with Crippen LogP contribution in [0.3, 0.4) is 0 Å². The van der Waals surface area contributed by atoms with E-state index in [1.807, 2.05) is 34.8 Å². The van der Waals surface area contributed by atoms with E-state index in [4.69, 9.17) is 0 Å². The first-order chi connectivity index (χ1) is 10.4. The van der Waals surface area contributed by atoms with Crippen molar-refractivity contribution < 1.29 is 0 Å². The molecule has 3 rings (SSSR count). The number of nitrogens with zero attached hydrogens (tertiary/aromatic N) is 6. The van der Waals surface area contributed by atoms with Gasteiger partial charge in [0.1, 0.15) is 0 Å². The molecule has 22 heavy (non-hydrogen) atoms. The Bertz CT molecular complexity index is 710. The predicted octanol–water partition coefficient (Wildman–Crippen LogP) is 2.68. The predicted molar refractivity (Wildman–Crippen MR) is 84.9 cm³/mol. The molecule has 0 fully saturated rings. The minimum Gasteiger partial charge on any atom is -0.224 e. The molecule has 6 nitrogen and oxygen atoms in total. The van der Waals surface area contributed by atoms with Crippen LogP contribution in [0, 0.1) is 41.5 Å². The Kier molecular flexibility index (Phi) is 3.39. The quantitative estimate of drug-likeness (QED) is 0.747. The maximum atomic E-state index is 4.66. The van der Waals surface area contributed by atoms with Gasteiger partial charge < -0.3 is 0 Å². The number of aromatic nitrogens is 6. The molecule has 116 valence electrons. The maximum Gasteiger partial charge on any atom is 0.238 e. The molecule has 3 heterocycles. The summed E-state index contributed by atoms with van der Waals surface area (Å²) < 4.78 is 5.94. The molecule has 0 atom stereocenters. The smallest absolute Gasteiger partial charge is 0.224 e. The van der Waals surface area contributed by atoms with Crippen LogP contribution in [-0.4, -0.2) is 29.3 Å². The Balaban J connectivity index is 2.25. The van der Waals surface area contributed by atoms with Crippen LogP contribution >= 0.6 is 0 Å². The van der Waals surface area contributed by atoms with Gasteiger partial charge in [-0.3, -0.25) is 0 Å². The lowest BCUT2D eigenvalue weighted by molar-refractivity contribution is 0.269. The summed E-state index contributed by atoms with van der Waals surface area (Å²) in [5.74, 6) is 0. The minimum atomic E-state index is -0.226. The molecule has 0 amide bonds. The van der Waals surface area contributed by atoms with E-state index in [2.05, 4.69) is 54.3 Å². The SMILES string of the molecule is Cc1cc(C)n(C(n2nc(C)cc2C)n2nc(C)cc2C)n1. The zero-order chi connectivity index (χ0) is 16.0. The third-order valence-corrected chi connectivity index (χ3v) is 3.79. The normalized spacial score (nSPS) is 11.6. The Morgan fingerprint density at radius 1 is 0.591 bits per heavy atom. The van der Waals surface area contributed by atoms with Gasteiger partial charge in [-0.1, -0.05) is 0 Å². The van der Waals surface area contributed by atoms with Crippen LogP contribution in [0.5, 0.6) is 0 Å². The molecule has 0 aliphatic rings. The van der Waals surface area contributed by atoms with Crippen molar-refractivity contribution >= 4 is 0 Å². The van der Waals surface area contributed by atoms with E-state index in [-0.39, 0.29) is 6.29 Å². The first-order valence-electron chi connectivity index (χ1n) is 7.45. The first-order valence-corrected chi connectivity index (χ1v) is 7.45. The van der Waals surface area contributed by atoms with Crippen LogP contribution in [0.25, 0.3) is 0 Å². The molecule has 0 saturated heterocycles. The molecule has 0 saturated carbocycles. The lowest BCUT2D eigenvalue weighted by Gasteiger charge is -2.23. The lowest BCUT2D eigenvalue weighted by atomic mass is 10.4. The van der Waals surface area contributed by atoms with Gasteiger partial charge in [0.2, 0.25) is 6.29 Å². The molecule has 0 unspecified atom stereocenters. The summed E-state index contributed by atoms with van der Waals surface area (Å²) in [6, 6.07) is 6.22. The van der Waals surface area contributed by atoms with Gasteiger partial charge in [0.15, 0.2) is 0 Å². The summed E-state index contributed by atoms with van der Waals surface area (Å²) in [5, 5.41) is 14.0. The number of hydrogen-bond acceptors (Lipinski definition) is 3. The van der Waals surface area contributed by atoms with Gasteiger partial charge in [-0.2, -0.15) is 15.3 Å². The van der Waals surface area contributed by atoms with Crippen molar-refractivity contribution in [3.8, 4) is 0 Å². The minimum absolute atomic E-state index is 0.226. The van der Waals surface area contributed by atoms with E-state index < -0.39 is 0 Å². The summed E-state index contributed by atoms with van der Waals surface area (Å²) >= 11 is 0. The average molecular weight is 298 g/mol. The monoisotopic (exact) mass is 298 g/mol. The molecule has 6 heteroatoms. The summed E-state index contributed by atoms with van der Waals surface area (Å²) in [7, 11) is 0. The number of aryl methyl sites for hydroxylation is 6. The molecule has 0 aliphatic heterocycles. The summed E-state index contributed by atoms with van der Waals surface area (Å²) in [4.78, 5) is 0. The van der Waals surface area contributed by atoms with Gasteiger partial charge in [0.25, 0.3) is 0 Å². The fourth-order valence-electron chi connectivity index (χ4n) is 2.95. The lowest BCUT2D eigenvalue weighted by Crippen LogP contribution is -2.31. The highest BCUT2D eigenvalue weighted by Gasteiger charge is 2.23. The average Bonchev–Trinajstić information content (AvgIpc) is 3.02. The van der Waals surface area contributed by atoms with E-state index >= 15 is 0 Å². The van der Waals surface area contributed by atoms with E-state index in [1.54, 1.807) is 0 Å². The van der Waals surface area contributed by atoms with E-state index in [0.29, 0.717) is 0 Å². The molecular formula is C16H22N6. The van der Waals surface area contributed by atoms with Gasteiger partial charge in [0, 0.05) is 17.1 Å². The highest BCUT2D eigenvalue weighted by atomic mass is 15.6. The van der Waals surface area contributed by atoms with Crippen molar-refractivity contribution in [1.29, 1.82) is 0 Å². The van der Waals surface area contributed by atoms with Crippen LogP contribution < -0.4 is 0 Å². The van der Waals surface area contributed by atoms with Gasteiger partial charge in [-0.05, 0) is 59.7 Å². The van der Waals surface area contributed by atoms with Gasteiger partial charge in [-0.15, -0.1) is 0 Å². The molecule has 0 aliphatic carbocycles. The molecule has 3 aromatic heterocycles. The van der Waals surface area contributed by atoms with E-state index in [9.17, 15) is 0 Å². The second kappa shape index (κ2) is 5.12. The van der Waals surface area contributed by atoms with Crippen LogP contribution in [0.1, 0.15) is 40.5 Å². The van der Waals surface area contributed by atoms with Gasteiger partial charge in [-0.25, -0.2) is 14.0 Å². The summed E-state index contributed by atoms with van der Waals surface area (Å²) in [5.41, 5.74) is 6.23. The zero-order valence-electron chi connectivity index (χ0n) is 14.0. The topological polar surface area (TPSA) is 53.5 Å². The second-order valence-corrected chi connectivity index (χ2v) is 5.96. The van der Waals surface area contributed by atoms with Gasteiger partial charge >= 0.3 is 0 Å². The number of hydrogen-bond donors (Lipinski definition) is 0. The Labute approximate surface area is 130 Å². The van der Waals surface area contributed by atoms with Crippen molar-refractivity contribution in [2.75, 3.05) is 0 Å². The van der Waals surface area contributed by atoms with Crippen LogP contribution in [0.2, 0.25) is 0 Å². The van der Waals surface area contributed by atoms with Crippen molar-refractivity contribution in [2.45, 2.75) is 47.8 Å². The van der Waals surface area contributed by atoms with Crippen LogP contribution in [0.4, 0.5) is 0 Å². The molecule has 0 radical (unpaired) electrons. The summed E-state index contributed by atoms with van der Waals surface area (Å²) in [6.07, 6.45) is -0.226.